The van der Waals surface area contributed by atoms with Gasteiger partial charge in [0.25, 0.3) is 0 Å². The van der Waals surface area contributed by atoms with Gasteiger partial charge in [-0.1, -0.05) is 56.7 Å². The molecule has 1 aliphatic carbocycles. The van der Waals surface area contributed by atoms with E-state index in [0.29, 0.717) is 23.4 Å². The molecule has 3 unspecified atom stereocenters. The number of esters is 1. The minimum atomic E-state index is -1.17. The first-order valence-corrected chi connectivity index (χ1v) is 17.6. The zero-order valence-corrected chi connectivity index (χ0v) is 29.0. The molecule has 1 saturated carbocycles. The number of pyridine rings is 1. The average molecular weight is 669 g/mol. The van der Waals surface area contributed by atoms with Crippen LogP contribution in [0.2, 0.25) is 0 Å². The van der Waals surface area contributed by atoms with Crippen LogP contribution in [0.1, 0.15) is 52.9 Å². The first-order valence-electron chi connectivity index (χ1n) is 17.6. The third-order valence-corrected chi connectivity index (χ3v) is 10.1. The number of carbonyl (C=O) groups is 3. The van der Waals surface area contributed by atoms with Gasteiger partial charge in [0.05, 0.1) is 37.5 Å². The fourth-order valence-electron chi connectivity index (χ4n) is 7.51. The highest BCUT2D eigenvalue weighted by atomic mass is 16.5. The molecule has 10 heteroatoms. The second-order valence-electron chi connectivity index (χ2n) is 13.7. The number of methoxy groups -OCH3 is 1. The number of amides is 2. The zero-order valence-electron chi connectivity index (χ0n) is 29.0. The van der Waals surface area contributed by atoms with E-state index in [0.717, 1.165) is 49.0 Å². The smallest absolute Gasteiger partial charge is 0.332 e. The van der Waals surface area contributed by atoms with Crippen molar-refractivity contribution in [3.8, 4) is 22.8 Å². The molecule has 0 radical (unpaired) electrons. The summed E-state index contributed by atoms with van der Waals surface area (Å²) >= 11 is 0. The molecule has 2 aliphatic heterocycles. The number of nitrogens with one attached hydrogen (secondary N) is 1. The summed E-state index contributed by atoms with van der Waals surface area (Å²) in [4.78, 5) is 50.8. The van der Waals surface area contributed by atoms with Gasteiger partial charge in [-0.2, -0.15) is 0 Å². The summed E-state index contributed by atoms with van der Waals surface area (Å²) in [6.45, 7) is 11.9. The monoisotopic (exact) mass is 668 g/mol. The molecular formula is C39H48N4O6. The molecule has 3 fully saturated rings. The molecule has 1 aromatic heterocycles. The third kappa shape index (κ3) is 7.02. The molecule has 3 heterocycles. The quantitative estimate of drug-likeness (QED) is 0.202. The van der Waals surface area contributed by atoms with E-state index in [1.807, 2.05) is 54.6 Å². The first-order chi connectivity index (χ1) is 23.7. The lowest BCUT2D eigenvalue weighted by atomic mass is 9.97. The van der Waals surface area contributed by atoms with Gasteiger partial charge in [0, 0.05) is 35.4 Å². The molecular weight excluding hydrogens is 620 g/mol. The van der Waals surface area contributed by atoms with Crippen LogP contribution in [0.15, 0.2) is 67.3 Å². The molecule has 2 aromatic carbocycles. The Morgan fingerprint density at radius 3 is 2.49 bits per heavy atom. The largest absolute Gasteiger partial charge is 0.497 e. The number of piperidine rings is 1. The lowest BCUT2D eigenvalue weighted by Crippen LogP contribution is -2.58. The van der Waals surface area contributed by atoms with Crippen LogP contribution < -0.4 is 14.8 Å². The number of fused-ring (bicyclic) bond motifs is 1. The minimum Gasteiger partial charge on any atom is -0.497 e. The SMILES string of the molecule is C=CC1CC1(NC(=O)[C@@H]1CC(Oc2cc(-c3ccccc3)nc3cc(OC)ccc23)CN1C(=O)[C@H](C(C)C)N1CCCCC1)C(=O)OCC. The first kappa shape index (κ1) is 34.4. The zero-order chi connectivity index (χ0) is 34.7. The van der Waals surface area contributed by atoms with Crippen molar-refractivity contribution in [1.29, 1.82) is 0 Å². The molecule has 6 rings (SSSR count). The van der Waals surface area contributed by atoms with E-state index in [1.165, 1.54) is 0 Å². The Morgan fingerprint density at radius 2 is 1.84 bits per heavy atom. The van der Waals surface area contributed by atoms with Crippen LogP contribution in [0, 0.1) is 11.8 Å². The molecule has 3 aromatic rings. The number of nitrogens with zero attached hydrogens (tertiary/aromatic N) is 3. The predicted molar refractivity (Wildman–Crippen MR) is 188 cm³/mol. The van der Waals surface area contributed by atoms with Crippen molar-refractivity contribution in [3.63, 3.8) is 0 Å². The van der Waals surface area contributed by atoms with E-state index < -0.39 is 23.7 Å². The summed E-state index contributed by atoms with van der Waals surface area (Å²) in [6, 6.07) is 16.3. The molecule has 5 atom stereocenters. The summed E-state index contributed by atoms with van der Waals surface area (Å²) in [5.41, 5.74) is 1.21. The van der Waals surface area contributed by atoms with Crippen molar-refractivity contribution in [2.24, 2.45) is 11.8 Å². The number of hydrogen-bond donors (Lipinski definition) is 1. The fraction of sp³-hybridized carbons (Fsp3) is 0.487. The van der Waals surface area contributed by atoms with Crippen LogP contribution >= 0.6 is 0 Å². The van der Waals surface area contributed by atoms with Gasteiger partial charge >= 0.3 is 5.97 Å². The van der Waals surface area contributed by atoms with Crippen molar-refractivity contribution in [2.45, 2.75) is 76.6 Å². The molecule has 1 N–H and O–H groups in total. The number of likely N-dealkylation sites (tertiary alicyclic amines) is 2. The van der Waals surface area contributed by atoms with Crippen LogP contribution in [0.4, 0.5) is 0 Å². The Hall–Kier alpha value is -4.44. The topological polar surface area (TPSA) is 110 Å². The molecule has 49 heavy (non-hydrogen) atoms. The van der Waals surface area contributed by atoms with Crippen molar-refractivity contribution in [2.75, 3.05) is 33.4 Å². The fourth-order valence-corrected chi connectivity index (χ4v) is 7.51. The second kappa shape index (κ2) is 14.6. The van der Waals surface area contributed by atoms with E-state index >= 15 is 0 Å². The van der Waals surface area contributed by atoms with Gasteiger partial charge in [-0.05, 0) is 57.3 Å². The summed E-state index contributed by atoms with van der Waals surface area (Å²) in [7, 11) is 1.62. The van der Waals surface area contributed by atoms with E-state index in [1.54, 1.807) is 25.0 Å². The van der Waals surface area contributed by atoms with Crippen LogP contribution in [-0.2, 0) is 19.1 Å². The molecule has 0 spiro atoms. The maximum Gasteiger partial charge on any atom is 0.332 e. The summed E-state index contributed by atoms with van der Waals surface area (Å²) in [5.74, 6) is 0.154. The van der Waals surface area contributed by atoms with Crippen molar-refractivity contribution in [3.05, 3.63) is 67.3 Å². The van der Waals surface area contributed by atoms with Gasteiger partial charge in [-0.3, -0.25) is 14.5 Å². The number of hydrogen-bond acceptors (Lipinski definition) is 8. The van der Waals surface area contributed by atoms with Crippen LogP contribution in [0.3, 0.4) is 0 Å². The lowest BCUT2D eigenvalue weighted by molar-refractivity contribution is -0.150. The van der Waals surface area contributed by atoms with Crippen molar-refractivity contribution < 1.29 is 28.6 Å². The molecule has 0 bridgehead atoms. The number of carbonyl (C=O) groups excluding carboxylic acids is 3. The van der Waals surface area contributed by atoms with Gasteiger partial charge in [0.15, 0.2) is 0 Å². The maximum absolute atomic E-state index is 14.6. The molecule has 260 valence electrons. The van der Waals surface area contributed by atoms with E-state index in [-0.39, 0.29) is 49.3 Å². The van der Waals surface area contributed by atoms with Gasteiger partial charge in [-0.25, -0.2) is 9.78 Å². The Morgan fingerprint density at radius 1 is 1.08 bits per heavy atom. The summed E-state index contributed by atoms with van der Waals surface area (Å²) in [6.07, 6.45) is 5.11. The van der Waals surface area contributed by atoms with Gasteiger partial charge in [-0.15, -0.1) is 6.58 Å². The highest BCUT2D eigenvalue weighted by Crippen LogP contribution is 2.46. The number of ether oxygens (including phenoxy) is 3. The number of aromatic nitrogens is 1. The normalized spacial score (nSPS) is 24.3. The Labute approximate surface area is 288 Å². The molecule has 3 aliphatic rings. The number of benzene rings is 2. The minimum absolute atomic E-state index is 0.0429. The highest BCUT2D eigenvalue weighted by molar-refractivity contribution is 5.96. The van der Waals surface area contributed by atoms with Crippen LogP contribution in [0.25, 0.3) is 22.2 Å². The standard InChI is InChI=1S/C39H48N4O6/c1-6-27-23-39(27,38(46)48-7-2)41-36(44)33-21-29(24-43(33)37(45)35(25(3)4)42-18-12-9-13-19-42)49-34-22-31(26-14-10-8-11-15-26)40-32-20-28(47-5)16-17-30(32)34/h6,8,10-11,14-17,20,22,25,27,29,33,35H,1,7,9,12-13,18-19,21,23-24H2,2-5H3,(H,41,44)/t27?,29?,33-,35-,39?/m0/s1. The van der Waals surface area contributed by atoms with Crippen molar-refractivity contribution in [1.82, 2.24) is 20.1 Å². The lowest BCUT2D eigenvalue weighted by Gasteiger charge is -2.39. The van der Waals surface area contributed by atoms with Gasteiger partial charge < -0.3 is 24.4 Å². The molecule has 2 amide bonds. The van der Waals surface area contributed by atoms with Crippen LogP contribution in [0.5, 0.6) is 11.5 Å². The second-order valence-corrected chi connectivity index (χ2v) is 13.7. The van der Waals surface area contributed by atoms with Crippen LogP contribution in [-0.4, -0.2) is 89.6 Å². The molecule has 2 saturated heterocycles. The maximum atomic E-state index is 14.6. The average Bonchev–Trinajstić information content (AvgIpc) is 3.67. The Bertz CT molecular complexity index is 1690. The summed E-state index contributed by atoms with van der Waals surface area (Å²) < 4.78 is 17.6. The Kier molecular flexibility index (Phi) is 10.2. The Balaban J connectivity index is 1.34. The predicted octanol–water partition coefficient (Wildman–Crippen LogP) is 5.39. The van der Waals surface area contributed by atoms with E-state index in [9.17, 15) is 14.4 Å². The number of rotatable bonds is 12. The van der Waals surface area contributed by atoms with E-state index in [4.69, 9.17) is 19.2 Å². The third-order valence-electron chi connectivity index (χ3n) is 10.1. The van der Waals surface area contributed by atoms with Crippen molar-refractivity contribution >= 4 is 28.7 Å². The highest BCUT2D eigenvalue weighted by Gasteiger charge is 2.62. The van der Waals surface area contributed by atoms with Gasteiger partial charge in [0.1, 0.15) is 29.2 Å². The van der Waals surface area contributed by atoms with Gasteiger partial charge in [0.2, 0.25) is 11.8 Å². The van der Waals surface area contributed by atoms with E-state index in [2.05, 4.69) is 30.6 Å². The molecule has 10 nitrogen and oxygen atoms in total. The summed E-state index contributed by atoms with van der Waals surface area (Å²) in [5, 5.41) is 3.81.